The minimum atomic E-state index is -0.0810. The fourth-order valence-electron chi connectivity index (χ4n) is 3.66. The molecular formula is C23H28N2O3. The monoisotopic (exact) mass is 380 g/mol. The molecule has 0 radical (unpaired) electrons. The van der Waals surface area contributed by atoms with Crippen molar-refractivity contribution in [3.63, 3.8) is 0 Å². The van der Waals surface area contributed by atoms with E-state index in [1.54, 1.807) is 32.4 Å². The summed E-state index contributed by atoms with van der Waals surface area (Å²) >= 11 is 0. The highest BCUT2D eigenvalue weighted by molar-refractivity contribution is 6.09. The Hall–Kier alpha value is -2.95. The van der Waals surface area contributed by atoms with Crippen LogP contribution in [-0.2, 0) is 0 Å². The van der Waals surface area contributed by atoms with Gasteiger partial charge in [-0.1, -0.05) is 13.8 Å². The molecule has 2 aromatic carbocycles. The lowest BCUT2D eigenvalue weighted by Crippen LogP contribution is -2.39. The number of fused-ring (bicyclic) bond motifs is 1. The zero-order valence-corrected chi connectivity index (χ0v) is 17.2. The molecule has 0 spiro atoms. The number of carbonyl (C=O) groups is 1. The second-order valence-electron chi connectivity index (χ2n) is 7.47. The van der Waals surface area contributed by atoms with Crippen LogP contribution in [0.3, 0.4) is 0 Å². The number of amides is 1. The summed E-state index contributed by atoms with van der Waals surface area (Å²) in [6, 6.07) is 13.4. The maximum Gasteiger partial charge on any atom is 0.262 e. The van der Waals surface area contributed by atoms with E-state index in [4.69, 9.17) is 9.47 Å². The van der Waals surface area contributed by atoms with Gasteiger partial charge in [0.2, 0.25) is 0 Å². The largest absolute Gasteiger partial charge is 0.497 e. The number of ether oxygens (including phenoxy) is 2. The second-order valence-corrected chi connectivity index (χ2v) is 7.47. The summed E-state index contributed by atoms with van der Waals surface area (Å²) in [4.78, 5) is 18.7. The van der Waals surface area contributed by atoms with Crippen LogP contribution in [0.4, 0.5) is 5.69 Å². The van der Waals surface area contributed by atoms with Crippen LogP contribution in [-0.4, -0.2) is 31.2 Å². The summed E-state index contributed by atoms with van der Waals surface area (Å²) in [7, 11) is 3.17. The Morgan fingerprint density at radius 1 is 1.04 bits per heavy atom. The van der Waals surface area contributed by atoms with Gasteiger partial charge in [-0.05, 0) is 55.7 Å². The van der Waals surface area contributed by atoms with Crippen molar-refractivity contribution in [3.8, 4) is 11.5 Å². The van der Waals surface area contributed by atoms with Crippen molar-refractivity contribution < 1.29 is 14.3 Å². The Balaban J connectivity index is 2.06. The fourth-order valence-corrected chi connectivity index (χ4v) is 3.66. The maximum atomic E-state index is 13.6. The minimum absolute atomic E-state index is 0.0377. The third-order valence-corrected chi connectivity index (χ3v) is 4.93. The van der Waals surface area contributed by atoms with Gasteiger partial charge in [-0.2, -0.15) is 0 Å². The summed E-state index contributed by atoms with van der Waals surface area (Å²) in [6.45, 7) is 6.43. The molecule has 1 unspecified atom stereocenters. The summed E-state index contributed by atoms with van der Waals surface area (Å²) in [5.41, 5.74) is 2.45. The van der Waals surface area contributed by atoms with Crippen LogP contribution in [0.5, 0.6) is 11.5 Å². The number of H-pyrrole nitrogens is 1. The van der Waals surface area contributed by atoms with Gasteiger partial charge in [-0.3, -0.25) is 4.79 Å². The predicted molar refractivity (Wildman–Crippen MR) is 114 cm³/mol. The molecule has 0 aliphatic rings. The molecular weight excluding hydrogens is 352 g/mol. The lowest BCUT2D eigenvalue weighted by molar-refractivity contribution is 0.0973. The molecule has 0 bridgehead atoms. The first-order valence-electron chi connectivity index (χ1n) is 9.57. The molecule has 148 valence electrons. The van der Waals surface area contributed by atoms with Gasteiger partial charge in [-0.25, -0.2) is 0 Å². The molecule has 1 amide bonds. The van der Waals surface area contributed by atoms with Crippen LogP contribution in [0.25, 0.3) is 10.9 Å². The maximum absolute atomic E-state index is 13.6. The lowest BCUT2D eigenvalue weighted by atomic mass is 10.0. The molecule has 5 heteroatoms. The third kappa shape index (κ3) is 3.98. The van der Waals surface area contributed by atoms with E-state index in [2.05, 4.69) is 31.8 Å². The molecule has 5 nitrogen and oxygen atoms in total. The molecule has 0 fully saturated rings. The Bertz CT molecular complexity index is 961. The number of rotatable bonds is 7. The lowest BCUT2D eigenvalue weighted by Gasteiger charge is -2.31. The number of aromatic nitrogens is 1. The van der Waals surface area contributed by atoms with E-state index in [-0.39, 0.29) is 11.9 Å². The van der Waals surface area contributed by atoms with E-state index in [9.17, 15) is 4.79 Å². The van der Waals surface area contributed by atoms with Crippen molar-refractivity contribution in [2.75, 3.05) is 19.1 Å². The Morgan fingerprint density at radius 3 is 2.50 bits per heavy atom. The van der Waals surface area contributed by atoms with E-state index in [1.165, 1.54) is 0 Å². The highest BCUT2D eigenvalue weighted by atomic mass is 16.5. The standard InChI is InChI=1S/C23H28N2O3/c1-15(2)12-16(3)25(18-6-9-21-17(13-18)10-11-24-21)23(26)20-8-7-19(27-4)14-22(20)28-5/h6-11,13-16,24H,12H2,1-5H3. The molecule has 0 aliphatic carbocycles. The number of hydrogen-bond acceptors (Lipinski definition) is 3. The third-order valence-electron chi connectivity index (χ3n) is 4.93. The van der Waals surface area contributed by atoms with Crippen LogP contribution >= 0.6 is 0 Å². The molecule has 0 saturated heterocycles. The topological polar surface area (TPSA) is 54.6 Å². The van der Waals surface area contributed by atoms with Crippen LogP contribution in [0.15, 0.2) is 48.7 Å². The number of carbonyl (C=O) groups excluding carboxylic acids is 1. The van der Waals surface area contributed by atoms with E-state index in [0.29, 0.717) is 23.0 Å². The first kappa shape index (κ1) is 19.8. The molecule has 1 heterocycles. The zero-order chi connectivity index (χ0) is 20.3. The molecule has 3 rings (SSSR count). The summed E-state index contributed by atoms with van der Waals surface area (Å²) in [5.74, 6) is 1.55. The summed E-state index contributed by atoms with van der Waals surface area (Å²) in [5, 5.41) is 1.08. The van der Waals surface area contributed by atoms with Crippen molar-refractivity contribution in [1.29, 1.82) is 0 Å². The molecule has 1 atom stereocenters. The minimum Gasteiger partial charge on any atom is -0.497 e. The molecule has 1 aromatic heterocycles. The van der Waals surface area contributed by atoms with Gasteiger partial charge in [0, 0.05) is 34.9 Å². The van der Waals surface area contributed by atoms with Gasteiger partial charge in [-0.15, -0.1) is 0 Å². The van der Waals surface area contributed by atoms with Crippen molar-refractivity contribution in [2.24, 2.45) is 5.92 Å². The Morgan fingerprint density at radius 2 is 1.82 bits per heavy atom. The highest BCUT2D eigenvalue weighted by Gasteiger charge is 2.27. The van der Waals surface area contributed by atoms with E-state index >= 15 is 0 Å². The number of anilines is 1. The molecule has 0 saturated carbocycles. The molecule has 3 aromatic rings. The average Bonchev–Trinajstić information content (AvgIpc) is 3.14. The Labute approximate surface area is 166 Å². The van der Waals surface area contributed by atoms with Crippen LogP contribution in [0, 0.1) is 5.92 Å². The molecule has 0 aliphatic heterocycles. The highest BCUT2D eigenvalue weighted by Crippen LogP contribution is 2.31. The quantitative estimate of drug-likeness (QED) is 0.608. The van der Waals surface area contributed by atoms with Crippen molar-refractivity contribution >= 4 is 22.5 Å². The van der Waals surface area contributed by atoms with Gasteiger partial charge < -0.3 is 19.4 Å². The van der Waals surface area contributed by atoms with Gasteiger partial charge in [0.05, 0.1) is 19.8 Å². The van der Waals surface area contributed by atoms with Crippen LogP contribution in [0.1, 0.15) is 37.6 Å². The van der Waals surface area contributed by atoms with Crippen molar-refractivity contribution in [2.45, 2.75) is 33.2 Å². The molecule has 1 N–H and O–H groups in total. The van der Waals surface area contributed by atoms with E-state index in [1.807, 2.05) is 29.3 Å². The van der Waals surface area contributed by atoms with Crippen molar-refractivity contribution in [3.05, 3.63) is 54.2 Å². The SMILES string of the molecule is COc1ccc(C(=O)N(c2ccc3[nH]ccc3c2)C(C)CC(C)C)c(OC)c1. The zero-order valence-electron chi connectivity index (χ0n) is 17.2. The van der Waals surface area contributed by atoms with Gasteiger partial charge in [0.25, 0.3) is 5.91 Å². The predicted octanol–water partition coefficient (Wildman–Crippen LogP) is 5.27. The van der Waals surface area contributed by atoms with Gasteiger partial charge >= 0.3 is 0 Å². The average molecular weight is 380 g/mol. The number of aromatic amines is 1. The van der Waals surface area contributed by atoms with Gasteiger partial charge in [0.1, 0.15) is 11.5 Å². The number of benzene rings is 2. The van der Waals surface area contributed by atoms with E-state index < -0.39 is 0 Å². The fraction of sp³-hybridized carbons (Fsp3) is 0.348. The molecule has 28 heavy (non-hydrogen) atoms. The summed E-state index contributed by atoms with van der Waals surface area (Å²) in [6.07, 6.45) is 2.81. The second kappa shape index (κ2) is 8.38. The van der Waals surface area contributed by atoms with Crippen molar-refractivity contribution in [1.82, 2.24) is 4.98 Å². The first-order chi connectivity index (χ1) is 13.4. The Kier molecular flexibility index (Phi) is 5.93. The van der Waals surface area contributed by atoms with Crippen LogP contribution in [0.2, 0.25) is 0 Å². The summed E-state index contributed by atoms with van der Waals surface area (Å²) < 4.78 is 10.7. The van der Waals surface area contributed by atoms with Crippen LogP contribution < -0.4 is 14.4 Å². The first-order valence-corrected chi connectivity index (χ1v) is 9.57. The van der Waals surface area contributed by atoms with Gasteiger partial charge in [0.15, 0.2) is 0 Å². The number of nitrogens with zero attached hydrogens (tertiary/aromatic N) is 1. The number of methoxy groups -OCH3 is 2. The number of hydrogen-bond donors (Lipinski definition) is 1. The number of nitrogens with one attached hydrogen (secondary N) is 1. The smallest absolute Gasteiger partial charge is 0.262 e. The normalized spacial score (nSPS) is 12.2. The van der Waals surface area contributed by atoms with E-state index in [0.717, 1.165) is 23.0 Å².